The summed E-state index contributed by atoms with van der Waals surface area (Å²) in [6.07, 6.45) is 3.60. The monoisotopic (exact) mass is 488 g/mol. The molecule has 2 heterocycles. The van der Waals surface area contributed by atoms with Crippen molar-refractivity contribution in [3.63, 3.8) is 0 Å². The Morgan fingerprint density at radius 1 is 1.12 bits per heavy atom. The fourth-order valence-corrected chi connectivity index (χ4v) is 3.76. The Kier molecular flexibility index (Phi) is 15.9. The second-order valence-electron chi connectivity index (χ2n) is 7.92. The van der Waals surface area contributed by atoms with E-state index >= 15 is 0 Å². The summed E-state index contributed by atoms with van der Waals surface area (Å²) in [7, 11) is 0. The maximum atomic E-state index is 6.92. The molecule has 34 heavy (non-hydrogen) atoms. The van der Waals surface area contributed by atoms with Crippen molar-refractivity contribution in [2.24, 2.45) is 0 Å². The molecule has 7 heteroatoms. The van der Waals surface area contributed by atoms with Gasteiger partial charge in [0.25, 0.3) is 0 Å². The molecular formula is C27H44N4O2S. The highest BCUT2D eigenvalue weighted by Gasteiger charge is 2.11. The van der Waals surface area contributed by atoms with E-state index in [0.717, 1.165) is 80.6 Å². The molecule has 3 rings (SSSR count). The van der Waals surface area contributed by atoms with Gasteiger partial charge in [-0.15, -0.1) is 0 Å². The first-order chi connectivity index (χ1) is 16.5. The van der Waals surface area contributed by atoms with Gasteiger partial charge in [0.15, 0.2) is 5.88 Å². The van der Waals surface area contributed by atoms with Crippen LogP contribution < -0.4 is 9.64 Å². The van der Waals surface area contributed by atoms with Crippen molar-refractivity contribution in [2.75, 3.05) is 57.4 Å². The molecule has 1 saturated heterocycles. The van der Waals surface area contributed by atoms with Crippen LogP contribution in [0.15, 0.2) is 36.4 Å². The second kappa shape index (κ2) is 18.2. The number of H-pyrrole nitrogens is 1. The van der Waals surface area contributed by atoms with Crippen molar-refractivity contribution in [1.29, 1.82) is 5.41 Å². The molecule has 0 saturated carbocycles. The fraction of sp³-hybridized carbons (Fsp3) is 0.556. The van der Waals surface area contributed by atoms with E-state index in [9.17, 15) is 0 Å². The number of hydrogen-bond donors (Lipinski definition) is 2. The van der Waals surface area contributed by atoms with Crippen LogP contribution in [0.3, 0.4) is 0 Å². The fourth-order valence-electron chi connectivity index (χ4n) is 3.54. The zero-order valence-corrected chi connectivity index (χ0v) is 22.5. The molecule has 1 fully saturated rings. The van der Waals surface area contributed by atoms with Gasteiger partial charge in [-0.2, -0.15) is 0 Å². The summed E-state index contributed by atoms with van der Waals surface area (Å²) < 4.78 is 12.0. The first kappa shape index (κ1) is 29.8. The molecule has 2 aromatic rings. The van der Waals surface area contributed by atoms with Gasteiger partial charge in [0.2, 0.25) is 0 Å². The van der Waals surface area contributed by atoms with Crippen LogP contribution in [0.25, 0.3) is 0 Å². The summed E-state index contributed by atoms with van der Waals surface area (Å²) in [5.41, 5.74) is 3.32. The summed E-state index contributed by atoms with van der Waals surface area (Å²) in [6.45, 7) is 17.7. The van der Waals surface area contributed by atoms with E-state index in [4.69, 9.17) is 27.1 Å². The summed E-state index contributed by atoms with van der Waals surface area (Å²) in [5, 5.41) is 6.92. The van der Waals surface area contributed by atoms with E-state index in [0.29, 0.717) is 6.61 Å². The second-order valence-corrected chi connectivity index (χ2v) is 8.35. The third-order valence-electron chi connectivity index (χ3n) is 5.13. The van der Waals surface area contributed by atoms with Crippen molar-refractivity contribution >= 4 is 24.1 Å². The Bertz CT molecular complexity index is 860. The minimum absolute atomic E-state index is 0.663. The van der Waals surface area contributed by atoms with Crippen LogP contribution in [0.1, 0.15) is 51.7 Å². The van der Waals surface area contributed by atoms with Crippen molar-refractivity contribution in [2.45, 2.75) is 47.5 Å². The topological polar surface area (TPSA) is 64.6 Å². The number of ether oxygens (including phenoxy) is 2. The van der Waals surface area contributed by atoms with Gasteiger partial charge >= 0.3 is 0 Å². The van der Waals surface area contributed by atoms with E-state index in [-0.39, 0.29) is 0 Å². The number of morpholine rings is 1. The molecule has 0 spiro atoms. The van der Waals surface area contributed by atoms with Crippen LogP contribution in [-0.4, -0.2) is 68.6 Å². The van der Waals surface area contributed by atoms with E-state index in [1.54, 1.807) is 0 Å². The predicted molar refractivity (Wildman–Crippen MR) is 148 cm³/mol. The molecule has 6 nitrogen and oxygen atoms in total. The van der Waals surface area contributed by atoms with Crippen LogP contribution in [-0.2, 0) is 4.74 Å². The van der Waals surface area contributed by atoms with Gasteiger partial charge in [0.05, 0.1) is 13.2 Å². The molecule has 1 aliphatic rings. The Balaban J connectivity index is 0.000000437. The molecule has 0 radical (unpaired) electrons. The van der Waals surface area contributed by atoms with Crippen molar-refractivity contribution < 1.29 is 9.47 Å². The van der Waals surface area contributed by atoms with E-state index < -0.39 is 0 Å². The third-order valence-corrected chi connectivity index (χ3v) is 5.35. The minimum Gasteiger partial charge on any atom is -0.478 e. The number of hydrogen-bond acceptors (Lipinski definition) is 6. The molecule has 0 amide bonds. The Labute approximate surface area is 211 Å². The maximum absolute atomic E-state index is 6.92. The zero-order valence-electron chi connectivity index (χ0n) is 21.7. The average molecular weight is 489 g/mol. The highest BCUT2D eigenvalue weighted by molar-refractivity contribution is 7.71. The van der Waals surface area contributed by atoms with Gasteiger partial charge in [0.1, 0.15) is 11.2 Å². The van der Waals surface area contributed by atoms with Crippen LogP contribution in [0.5, 0.6) is 5.88 Å². The number of rotatable bonds is 10. The van der Waals surface area contributed by atoms with Gasteiger partial charge in [-0.1, -0.05) is 69.7 Å². The highest BCUT2D eigenvalue weighted by atomic mass is 32.1. The summed E-state index contributed by atoms with van der Waals surface area (Å²) in [6, 6.07) is 12.0. The van der Waals surface area contributed by atoms with Gasteiger partial charge in [0, 0.05) is 50.7 Å². The Hall–Kier alpha value is -2.22. The third kappa shape index (κ3) is 11.8. The summed E-state index contributed by atoms with van der Waals surface area (Å²) in [5.74, 6) is 0.762. The lowest BCUT2D eigenvalue weighted by Crippen LogP contribution is -2.38. The van der Waals surface area contributed by atoms with Crippen molar-refractivity contribution in [3.05, 3.63) is 52.2 Å². The number of benzene rings is 1. The van der Waals surface area contributed by atoms with Crippen molar-refractivity contribution in [3.8, 4) is 5.88 Å². The Morgan fingerprint density at radius 2 is 1.79 bits per heavy atom. The van der Waals surface area contributed by atoms with Crippen LogP contribution in [0.2, 0.25) is 0 Å². The average Bonchev–Trinajstić information content (AvgIpc) is 2.86. The normalized spacial score (nSPS) is 13.1. The lowest BCUT2D eigenvalue weighted by molar-refractivity contribution is 0.0320. The molecule has 0 unspecified atom stereocenters. The number of pyridine rings is 1. The van der Waals surface area contributed by atoms with Gasteiger partial charge in [-0.05, 0) is 31.4 Å². The summed E-state index contributed by atoms with van der Waals surface area (Å²) >= 11 is 5.36. The predicted octanol–water partition coefficient (Wildman–Crippen LogP) is 6.10. The molecule has 1 aromatic heterocycles. The minimum atomic E-state index is 0.663. The van der Waals surface area contributed by atoms with Crippen LogP contribution in [0.4, 0.5) is 5.69 Å². The van der Waals surface area contributed by atoms with E-state index in [1.165, 1.54) is 11.8 Å². The highest BCUT2D eigenvalue weighted by Crippen LogP contribution is 2.20. The number of aryl methyl sites for hydroxylation is 1. The van der Waals surface area contributed by atoms with E-state index in [1.807, 2.05) is 51.1 Å². The Morgan fingerprint density at radius 3 is 2.35 bits per heavy atom. The standard InChI is InChI=1S/C17H29N3O2S.C8H9N.C2H6/c1-3-5-20(6-4-2)15-13-16(18-17(23)14-15)22-12-9-19-7-10-21-11-8-19;1-7-3-2-4-8(5-7)6-9;1-2/h13-14H,3-12H2,1-2H3,(H,18,23);2-6,9H,1H3;1-2H3. The van der Waals surface area contributed by atoms with Crippen molar-refractivity contribution in [1.82, 2.24) is 9.88 Å². The van der Waals surface area contributed by atoms with Gasteiger partial charge in [-0.25, -0.2) is 0 Å². The lowest BCUT2D eigenvalue weighted by Gasteiger charge is -2.26. The number of anilines is 1. The van der Waals surface area contributed by atoms with Gasteiger partial charge < -0.3 is 24.8 Å². The van der Waals surface area contributed by atoms with E-state index in [2.05, 4.69) is 34.7 Å². The quantitative estimate of drug-likeness (QED) is 0.312. The SMILES string of the molecule is CC.CCCN(CCC)c1cc(OCCN2CCOCC2)[nH]c(=S)c1.Cc1cccc(C=N)c1. The number of aromatic amines is 1. The number of nitrogens with zero attached hydrogens (tertiary/aromatic N) is 2. The molecule has 1 aromatic carbocycles. The number of aromatic nitrogens is 1. The number of nitrogens with one attached hydrogen (secondary N) is 2. The maximum Gasteiger partial charge on any atom is 0.193 e. The molecule has 190 valence electrons. The van der Waals surface area contributed by atoms with Crippen LogP contribution >= 0.6 is 12.2 Å². The lowest BCUT2D eigenvalue weighted by atomic mass is 10.2. The first-order valence-electron chi connectivity index (χ1n) is 12.5. The smallest absolute Gasteiger partial charge is 0.193 e. The largest absolute Gasteiger partial charge is 0.478 e. The first-order valence-corrected chi connectivity index (χ1v) is 13.0. The van der Waals surface area contributed by atoms with Crippen LogP contribution in [0, 0.1) is 17.0 Å². The molecule has 0 bridgehead atoms. The van der Waals surface area contributed by atoms with Gasteiger partial charge in [-0.3, -0.25) is 4.90 Å². The molecular weight excluding hydrogens is 444 g/mol. The molecule has 0 atom stereocenters. The summed E-state index contributed by atoms with van der Waals surface area (Å²) in [4.78, 5) is 7.88. The zero-order chi connectivity index (χ0) is 25.2. The molecule has 2 N–H and O–H groups in total. The molecule has 1 aliphatic heterocycles. The molecule has 0 aliphatic carbocycles.